The average Bonchev–Trinajstić information content (AvgIpc) is 3.34. The Morgan fingerprint density at radius 3 is 2.32 bits per heavy atom. The fourth-order valence-corrected chi connectivity index (χ4v) is 3.22. The van der Waals surface area contributed by atoms with E-state index in [1.165, 1.54) is 0 Å². The van der Waals surface area contributed by atoms with Crippen LogP contribution in [-0.4, -0.2) is 51.1 Å². The van der Waals surface area contributed by atoms with Crippen LogP contribution in [0.4, 0.5) is 0 Å². The van der Waals surface area contributed by atoms with Crippen molar-refractivity contribution in [3.63, 3.8) is 0 Å². The number of carbonyl (C=O) groups excluding carboxylic acids is 1. The molecule has 1 saturated carbocycles. The van der Waals surface area contributed by atoms with E-state index in [2.05, 4.69) is 21.5 Å². The molecule has 2 rings (SSSR count). The van der Waals surface area contributed by atoms with E-state index >= 15 is 0 Å². The first-order chi connectivity index (χ1) is 11.9. The van der Waals surface area contributed by atoms with Crippen molar-refractivity contribution in [3.05, 3.63) is 0 Å². The second kappa shape index (κ2) is 8.41. The third-order valence-corrected chi connectivity index (χ3v) is 4.95. The molecule has 0 radical (unpaired) electrons. The molecule has 0 saturated heterocycles. The van der Waals surface area contributed by atoms with Gasteiger partial charge in [0.2, 0.25) is 5.91 Å². The average molecular weight is 351 g/mol. The summed E-state index contributed by atoms with van der Waals surface area (Å²) in [5.41, 5.74) is -0.544. The van der Waals surface area contributed by atoms with Crippen LogP contribution in [0, 0.1) is 18.3 Å². The van der Waals surface area contributed by atoms with Crippen molar-refractivity contribution in [2.24, 2.45) is 16.1 Å². The van der Waals surface area contributed by atoms with Gasteiger partial charge in [0.1, 0.15) is 0 Å². The smallest absolute Gasteiger partial charge is 0.308 e. The molecule has 1 fully saturated rings. The molecule has 2 aliphatic rings. The van der Waals surface area contributed by atoms with Gasteiger partial charge in [-0.3, -0.25) is 9.59 Å². The van der Waals surface area contributed by atoms with Gasteiger partial charge in [-0.15, -0.1) is 12.3 Å². The van der Waals surface area contributed by atoms with Crippen LogP contribution in [-0.2, 0) is 9.59 Å². The first kappa shape index (κ1) is 19.3. The fourth-order valence-electron chi connectivity index (χ4n) is 3.22. The zero-order chi connectivity index (χ0) is 18.4. The maximum Gasteiger partial charge on any atom is 0.308 e. The minimum Gasteiger partial charge on any atom is -0.481 e. The highest BCUT2D eigenvalue weighted by molar-refractivity contribution is 5.78. The Labute approximate surface area is 146 Å². The van der Waals surface area contributed by atoms with Crippen LogP contribution in [0.1, 0.15) is 51.4 Å². The van der Waals surface area contributed by atoms with Gasteiger partial charge in [0.25, 0.3) is 0 Å². The van der Waals surface area contributed by atoms with Gasteiger partial charge in [-0.05, 0) is 25.7 Å². The van der Waals surface area contributed by atoms with E-state index in [1.54, 1.807) is 0 Å². The van der Waals surface area contributed by atoms with Crippen molar-refractivity contribution in [2.75, 3.05) is 0 Å². The number of aliphatic carboxylic acids is 1. The lowest BCUT2D eigenvalue weighted by atomic mass is 9.84. The lowest BCUT2D eigenvalue weighted by molar-refractivity contribution is -0.144. The van der Waals surface area contributed by atoms with Gasteiger partial charge in [-0.2, -0.15) is 10.2 Å². The maximum atomic E-state index is 12.2. The zero-order valence-electron chi connectivity index (χ0n) is 14.1. The minimum atomic E-state index is -1.01. The Kier molecular flexibility index (Phi) is 6.51. The molecule has 4 N–H and O–H groups in total. The summed E-state index contributed by atoms with van der Waals surface area (Å²) < 4.78 is 0. The van der Waals surface area contributed by atoms with Gasteiger partial charge >= 0.3 is 5.97 Å². The highest BCUT2D eigenvalue weighted by Gasteiger charge is 2.40. The summed E-state index contributed by atoms with van der Waals surface area (Å²) in [7, 11) is 0. The normalized spacial score (nSPS) is 30.6. The zero-order valence-corrected chi connectivity index (χ0v) is 14.1. The maximum absolute atomic E-state index is 12.2. The van der Waals surface area contributed by atoms with Crippen LogP contribution >= 0.6 is 0 Å². The second-order valence-electron chi connectivity index (χ2n) is 6.79. The number of nitrogens with one attached hydrogen (secondary N) is 1. The predicted octanol–water partition coefficient (Wildman–Crippen LogP) is 0.823. The Balaban J connectivity index is 1.88. The van der Waals surface area contributed by atoms with E-state index in [4.69, 9.17) is 6.42 Å². The van der Waals surface area contributed by atoms with Gasteiger partial charge in [0.05, 0.1) is 18.1 Å². The Morgan fingerprint density at radius 1 is 1.12 bits per heavy atom. The quantitative estimate of drug-likeness (QED) is 0.504. The Morgan fingerprint density at radius 2 is 1.76 bits per heavy atom. The Hall–Kier alpha value is -1.98. The summed E-state index contributed by atoms with van der Waals surface area (Å²) in [5, 5.41) is 39.7. The van der Waals surface area contributed by atoms with Crippen LogP contribution in [0.5, 0.6) is 0 Å². The molecule has 4 atom stereocenters. The van der Waals surface area contributed by atoms with E-state index in [9.17, 15) is 24.9 Å². The molecule has 0 bridgehead atoms. The van der Waals surface area contributed by atoms with Gasteiger partial charge in [0.15, 0.2) is 5.66 Å². The fraction of sp³-hybridized carbons (Fsp3) is 0.765. The predicted molar refractivity (Wildman–Crippen MR) is 88.4 cm³/mol. The van der Waals surface area contributed by atoms with Crippen molar-refractivity contribution >= 4 is 11.9 Å². The molecule has 1 aliphatic heterocycles. The topological polar surface area (TPSA) is 132 Å². The van der Waals surface area contributed by atoms with Crippen molar-refractivity contribution in [1.82, 2.24) is 5.32 Å². The number of hydrogen-bond acceptors (Lipinski definition) is 6. The molecule has 138 valence electrons. The number of aliphatic hydroxyl groups is 2. The number of nitrogens with zero attached hydrogens (tertiary/aromatic N) is 2. The SMILES string of the molecule is C#CCCC1(CCC(=O)NC2CCC(O)C(O)CCC2C(=O)O)N=N1. The first-order valence-electron chi connectivity index (χ1n) is 8.63. The molecule has 0 spiro atoms. The van der Waals surface area contributed by atoms with E-state index in [0.29, 0.717) is 25.7 Å². The lowest BCUT2D eigenvalue weighted by Gasteiger charge is -2.31. The minimum absolute atomic E-state index is 0.186. The summed E-state index contributed by atoms with van der Waals surface area (Å²) in [6.07, 6.45) is 6.14. The van der Waals surface area contributed by atoms with Gasteiger partial charge in [0, 0.05) is 31.7 Å². The van der Waals surface area contributed by atoms with Gasteiger partial charge < -0.3 is 20.6 Å². The summed E-state index contributed by atoms with van der Waals surface area (Å²) in [5.74, 6) is 0.478. The van der Waals surface area contributed by atoms with Gasteiger partial charge in [-0.1, -0.05) is 0 Å². The van der Waals surface area contributed by atoms with E-state index in [1.807, 2.05) is 0 Å². The molecule has 0 aromatic carbocycles. The van der Waals surface area contributed by atoms with Crippen molar-refractivity contribution in [1.29, 1.82) is 0 Å². The molecule has 4 unspecified atom stereocenters. The van der Waals surface area contributed by atoms with E-state index in [0.717, 1.165) is 0 Å². The standard InChI is InChI=1S/C17H25N3O5/c1-2-3-9-17(19-20-17)10-8-15(23)18-12-5-7-14(22)13(21)6-4-11(12)16(24)25/h1,11-14,21-22H,3-10H2,(H,18,23)(H,24,25). The molecule has 1 heterocycles. The van der Waals surface area contributed by atoms with E-state index < -0.39 is 35.8 Å². The van der Waals surface area contributed by atoms with Gasteiger partial charge in [-0.25, -0.2) is 0 Å². The number of amides is 1. The molecular formula is C17H25N3O5. The number of terminal acetylenes is 1. The largest absolute Gasteiger partial charge is 0.481 e. The molecule has 1 amide bonds. The number of carboxylic acids is 1. The van der Waals surface area contributed by atoms with Crippen LogP contribution in [0.3, 0.4) is 0 Å². The molecule has 1 aliphatic carbocycles. The molecule has 25 heavy (non-hydrogen) atoms. The van der Waals surface area contributed by atoms with Crippen LogP contribution in [0.25, 0.3) is 0 Å². The van der Waals surface area contributed by atoms with Crippen molar-refractivity contribution in [3.8, 4) is 12.3 Å². The third kappa shape index (κ3) is 5.51. The highest BCUT2D eigenvalue weighted by Crippen LogP contribution is 2.37. The summed E-state index contributed by atoms with van der Waals surface area (Å²) in [6, 6.07) is -0.568. The van der Waals surface area contributed by atoms with Crippen LogP contribution in [0.2, 0.25) is 0 Å². The number of rotatable bonds is 7. The summed E-state index contributed by atoms with van der Waals surface area (Å²) in [4.78, 5) is 23.7. The summed E-state index contributed by atoms with van der Waals surface area (Å²) in [6.45, 7) is 0. The monoisotopic (exact) mass is 351 g/mol. The summed E-state index contributed by atoms with van der Waals surface area (Å²) >= 11 is 0. The second-order valence-corrected chi connectivity index (χ2v) is 6.79. The molecular weight excluding hydrogens is 326 g/mol. The molecule has 8 nitrogen and oxygen atoms in total. The number of aliphatic hydroxyl groups excluding tert-OH is 2. The number of carbonyl (C=O) groups is 2. The number of hydrogen-bond donors (Lipinski definition) is 4. The first-order valence-corrected chi connectivity index (χ1v) is 8.63. The lowest BCUT2D eigenvalue weighted by Crippen LogP contribution is -2.46. The van der Waals surface area contributed by atoms with Crippen molar-refractivity contribution in [2.45, 2.75) is 75.3 Å². The molecule has 8 heteroatoms. The highest BCUT2D eigenvalue weighted by atomic mass is 16.4. The van der Waals surface area contributed by atoms with Crippen molar-refractivity contribution < 1.29 is 24.9 Å². The van der Waals surface area contributed by atoms with E-state index in [-0.39, 0.29) is 31.6 Å². The molecule has 0 aromatic rings. The Bertz CT molecular complexity index is 565. The number of carboxylic acid groups (broad SMARTS) is 1. The van der Waals surface area contributed by atoms with Crippen LogP contribution in [0.15, 0.2) is 10.2 Å². The molecule has 0 aromatic heterocycles. The van der Waals surface area contributed by atoms with Crippen LogP contribution < -0.4 is 5.32 Å². The third-order valence-electron chi connectivity index (χ3n) is 4.95.